The van der Waals surface area contributed by atoms with Gasteiger partial charge in [-0.15, -0.1) is 35.3 Å². The summed E-state index contributed by atoms with van der Waals surface area (Å²) in [5.74, 6) is -0.655. The van der Waals surface area contributed by atoms with Crippen LogP contribution in [0.1, 0.15) is 34.8 Å². The zero-order valence-electron chi connectivity index (χ0n) is 67.2. The van der Waals surface area contributed by atoms with Gasteiger partial charge < -0.3 is 91.2 Å². The van der Waals surface area contributed by atoms with E-state index in [1.807, 2.05) is 0 Å². The SMILES string of the molecule is Nc1nc2c(ncn2[C@@H]2S[C@@H]3COP(=O)(O)O[C@H]4[C@H](F)[C@H](n5cnc6c(N)ccnc65)O[C@@H]4COP(O)(=S)O[C@@H]2[C@@H]3F)c(=O)[nH]1.Nc1nc2c(ncn2[C@@H]2S[C@@H]3COP(=O)(S)O[C@H]4[C@H](F)[C@H](n5cnc6c(N)ccnc65)O[C@@H]4COP(O)(=S)O[C@@H]2[C@@H]3F)c(=O)[nH]1.Nc1nc2c(ncn2[C@@H]2S[C@@H]3COP(O)(=S)O[C@H]4[C@H](F)[C@H](n5cnc6c(N)ccnc65)O[C@@H]4COP(O)(=S)O[C@@H]2[C@@H]3F)c(=O)[nH]1. The van der Waals surface area contributed by atoms with E-state index < -0.39 is 240 Å². The van der Waals surface area contributed by atoms with Gasteiger partial charge in [-0.2, -0.15) is 15.0 Å². The number of thioether (sulfide) groups is 3. The third-order valence-electron chi connectivity index (χ3n) is 22.0. The zero-order valence-corrected chi connectivity index (χ0v) is 79.2. The number of hydrogen-bond donors (Lipinski definition) is 15. The molecule has 12 aromatic rings. The molecule has 9 aliphatic rings. The molecule has 0 saturated carbocycles. The maximum absolute atomic E-state index is 16.0. The Hall–Kier alpha value is -7.05. The third-order valence-corrected chi connectivity index (χ3v) is 35.4. The van der Waals surface area contributed by atoms with Crippen LogP contribution in [0.3, 0.4) is 0 Å². The maximum Gasteiger partial charge on any atom is 0.472 e. The standard InChI is InChI=1S/C21H23F2N9O9P2S2.2C21H23F2N9O8P2S3/c22-10-9-4-37-42(34,35)40-14-8(39-19(11(14)23)31-5-27-12-7(24)1-2-26-16(12)31)3-38-43(36,44)41-15(10)20(45-9)32-6-28-13-17(32)29-21(25)30-18(13)33;2*22-10-9-4-37-42(35,44)39-14-8(38-19(11(14)23)31-5-27-12-7(24)1-2-26-16(12)31)3-36-41(34,43)40-15(10)20(45-9)32-6-28-13-17(32)29-21(25)30-18(13)33/h1-2,5-6,8-11,14-15,19-20H,3-4H2,(H2,24,26)(H,34,35)(H,36,44)(H3,25,29,30,33);2*1-2,5-6,8-11,14-15,19-20H,3-4H2,(H2,24,26)(H,34,43)(H,35,44)(H3,25,29,30,33)/t8-,9-,10-,11+,14-,15-,19-,20-,43?;2*8-,9-,10-,11+,14-,15-,19-,20-,41?,42?/m111/s1. The molecule has 0 aliphatic carbocycles. The zero-order chi connectivity index (χ0) is 95.5. The molecule has 9 saturated heterocycles. The highest BCUT2D eigenvalue weighted by Crippen LogP contribution is 2.64. The minimum absolute atomic E-state index is 0.0121. The van der Waals surface area contributed by atoms with E-state index in [1.165, 1.54) is 102 Å². The van der Waals surface area contributed by atoms with Crippen LogP contribution in [0.5, 0.6) is 0 Å². The highest BCUT2D eigenvalue weighted by Gasteiger charge is 2.59. The topological polar surface area (TPSA) is 713 Å². The van der Waals surface area contributed by atoms with Gasteiger partial charge in [0.1, 0.15) is 106 Å². The highest BCUT2D eigenvalue weighted by atomic mass is 32.7. The number of rotatable bonds is 6. The smallest absolute Gasteiger partial charge is 0.397 e. The van der Waals surface area contributed by atoms with Crippen LogP contribution in [-0.4, -0.2) is 274 Å². The molecule has 0 aromatic carbocycles. The molecule has 21 rings (SSSR count). The monoisotopic (exact) mass is 2160 g/mol. The second kappa shape index (κ2) is 37.1. The van der Waals surface area contributed by atoms with Crippen molar-refractivity contribution in [2.24, 2.45) is 0 Å². The van der Waals surface area contributed by atoms with E-state index in [2.05, 4.69) is 87.0 Å². The molecule has 0 spiro atoms. The van der Waals surface area contributed by atoms with E-state index in [-0.39, 0.29) is 79.5 Å². The average molecular weight is 2160 g/mol. The second-order valence-electron chi connectivity index (χ2n) is 30.6. The summed E-state index contributed by atoms with van der Waals surface area (Å²) in [6, 6.07) is 4.55. The number of nitrogens with zero attached hydrogens (tertiary/aromatic N) is 18. The van der Waals surface area contributed by atoms with Crippen molar-refractivity contribution in [2.45, 2.75) is 143 Å². The first-order valence-electron chi connectivity index (χ1n) is 39.0. The molecule has 726 valence electrons. The number of hydrogen-bond acceptors (Lipinski definition) is 45. The summed E-state index contributed by atoms with van der Waals surface area (Å²) in [7, 11) is -5.07. The lowest BCUT2D eigenvalue weighted by atomic mass is 10.1. The Balaban J connectivity index is 0.000000130. The fraction of sp³-hybridized carbons (Fsp3) is 0.476. The van der Waals surface area contributed by atoms with E-state index in [0.29, 0.717) is 22.4 Å². The lowest BCUT2D eigenvalue weighted by Gasteiger charge is -2.27. The van der Waals surface area contributed by atoms with Gasteiger partial charge in [-0.25, -0.2) is 80.3 Å². The summed E-state index contributed by atoms with van der Waals surface area (Å²) >= 11 is 27.5. The Kier molecular flexibility index (Phi) is 26.6. The number of nitrogens with two attached hydrogens (primary N) is 6. The first-order valence-corrected chi connectivity index (χ1v) is 56.4. The van der Waals surface area contributed by atoms with Crippen molar-refractivity contribution in [1.29, 1.82) is 0 Å². The van der Waals surface area contributed by atoms with Crippen molar-refractivity contribution in [3.05, 3.63) is 106 Å². The van der Waals surface area contributed by atoms with Gasteiger partial charge in [0, 0.05) is 18.6 Å². The van der Waals surface area contributed by atoms with E-state index >= 15 is 26.3 Å². The van der Waals surface area contributed by atoms with E-state index in [1.54, 1.807) is 0 Å². The molecule has 0 radical (unpaired) electrons. The molecule has 135 heavy (non-hydrogen) atoms. The summed E-state index contributed by atoms with van der Waals surface area (Å²) in [5.41, 5.74) is 35.1. The van der Waals surface area contributed by atoms with Gasteiger partial charge in [0.05, 0.1) is 110 Å². The number of phosphoric ester groups is 1. The van der Waals surface area contributed by atoms with Crippen molar-refractivity contribution in [3.8, 4) is 0 Å². The van der Waals surface area contributed by atoms with Crippen LogP contribution in [0.25, 0.3) is 67.0 Å². The van der Waals surface area contributed by atoms with Crippen LogP contribution in [0, 0.1) is 0 Å². The number of imidazole rings is 6. The minimum atomic E-state index is -5.07. The quantitative estimate of drug-likeness (QED) is 0.0630. The van der Waals surface area contributed by atoms with Crippen molar-refractivity contribution < 1.29 is 128 Å². The number of ether oxygens (including phenoxy) is 3. The second-order valence-corrected chi connectivity index (χ2v) is 50.1. The number of nitrogens with one attached hydrogen (secondary N) is 3. The molecule has 30 atom stereocenters. The number of nitrogen functional groups attached to an aromatic ring is 6. The fourth-order valence-electron chi connectivity index (χ4n) is 15.9. The minimum Gasteiger partial charge on any atom is -0.397 e. The first kappa shape index (κ1) is 96.8. The van der Waals surface area contributed by atoms with Crippen LogP contribution in [0.4, 0.5) is 61.2 Å². The molecule has 9 fully saturated rings. The average Bonchev–Trinajstić information content (AvgIpc) is 1.63. The number of fused-ring (bicyclic) bond motifs is 15. The van der Waals surface area contributed by atoms with Gasteiger partial charge in [0.15, 0.2) is 87.6 Å². The van der Waals surface area contributed by atoms with Crippen LogP contribution in [0.15, 0.2) is 89.1 Å². The van der Waals surface area contributed by atoms with Gasteiger partial charge in [-0.1, -0.05) is 12.2 Å². The fourth-order valence-corrected chi connectivity index (χ4v) is 29.0. The molecule has 12 aromatic heterocycles. The van der Waals surface area contributed by atoms with Crippen molar-refractivity contribution in [2.75, 3.05) is 74.0 Å². The molecule has 6 unspecified atom stereocenters. The first-order chi connectivity index (χ1) is 63.9. The number of halogens is 6. The lowest BCUT2D eigenvalue weighted by Crippen LogP contribution is -2.34. The van der Waals surface area contributed by atoms with Crippen LogP contribution in [-0.2, 0) is 125 Å². The van der Waals surface area contributed by atoms with Gasteiger partial charge >= 0.3 is 41.5 Å². The van der Waals surface area contributed by atoms with Crippen LogP contribution < -0.4 is 51.1 Å². The number of phosphoric acid groups is 1. The number of anilines is 6. The predicted molar refractivity (Wildman–Crippen MR) is 483 cm³/mol. The van der Waals surface area contributed by atoms with Crippen LogP contribution in [0.2, 0.25) is 0 Å². The number of aromatic nitrogens is 21. The molecule has 9 aliphatic heterocycles. The number of H-pyrrole nitrogens is 3. The molecule has 6 bridgehead atoms. The largest absolute Gasteiger partial charge is 0.472 e. The van der Waals surface area contributed by atoms with Crippen molar-refractivity contribution >= 4 is 238 Å². The van der Waals surface area contributed by atoms with E-state index in [0.717, 1.165) is 35.3 Å². The van der Waals surface area contributed by atoms with Crippen molar-refractivity contribution in [3.63, 3.8) is 0 Å². The molecule has 0 amide bonds. The Morgan fingerprint density at radius 2 is 0.637 bits per heavy atom. The number of aromatic amines is 3. The molecular weight excluding hydrogens is 2090 g/mol. The third kappa shape index (κ3) is 19.0. The van der Waals surface area contributed by atoms with Crippen molar-refractivity contribution in [1.82, 2.24) is 102 Å². The van der Waals surface area contributed by atoms with E-state index in [4.69, 9.17) is 150 Å². The summed E-state index contributed by atoms with van der Waals surface area (Å²) in [6.45, 7) is -25.2. The Morgan fingerprint density at radius 1 is 0.363 bits per heavy atom. The molecule has 72 heteroatoms. The highest BCUT2D eigenvalue weighted by molar-refractivity contribution is 8.44. The Bertz CT molecular complexity index is 6510. The van der Waals surface area contributed by atoms with Gasteiger partial charge in [0.25, 0.3) is 16.7 Å². The molecule has 52 nitrogen and oxygen atoms in total. The molecule has 21 heterocycles. The Labute approximate surface area is 786 Å². The normalized spacial score (nSPS) is 37.7. The van der Waals surface area contributed by atoms with Gasteiger partial charge in [-0.3, -0.25) is 92.9 Å². The summed E-state index contributed by atoms with van der Waals surface area (Å²) in [5, 5.41) is -6.53. The molecule has 20 N–H and O–H groups in total. The van der Waals surface area contributed by atoms with Gasteiger partial charge in [-0.05, 0) is 65.4 Å². The lowest BCUT2D eigenvalue weighted by molar-refractivity contribution is -0.0452. The summed E-state index contributed by atoms with van der Waals surface area (Å²) in [6.07, 6.45) is -18.2. The Morgan fingerprint density at radius 3 is 0.970 bits per heavy atom. The maximum atomic E-state index is 16.0. The van der Waals surface area contributed by atoms with Crippen LogP contribution >= 0.6 is 89.0 Å². The predicted octanol–water partition coefficient (Wildman–Crippen LogP) is 4.21. The molecular formula is C63H69F6N27O25P6S8. The van der Waals surface area contributed by atoms with E-state index in [9.17, 15) is 48.0 Å². The number of alkyl halides is 6. The summed E-state index contributed by atoms with van der Waals surface area (Å²) in [4.78, 5) is 148. The van der Waals surface area contributed by atoms with Gasteiger partial charge in [0.2, 0.25) is 17.8 Å². The number of thiol groups is 1. The number of pyridine rings is 3. The summed E-state index contributed by atoms with van der Waals surface area (Å²) < 4.78 is 214.